The van der Waals surface area contributed by atoms with Crippen LogP contribution < -0.4 is 4.74 Å². The second-order valence-corrected chi connectivity index (χ2v) is 5.29. The molecule has 0 aliphatic heterocycles. The number of rotatable bonds is 9. The average molecular weight is 279 g/mol. The zero-order valence-electron chi connectivity index (χ0n) is 12.6. The van der Waals surface area contributed by atoms with Gasteiger partial charge in [-0.3, -0.25) is 4.79 Å². The molecule has 0 aliphatic carbocycles. The van der Waals surface area contributed by atoms with Gasteiger partial charge in [0.15, 0.2) is 0 Å². The van der Waals surface area contributed by atoms with Crippen molar-refractivity contribution in [2.24, 2.45) is 0 Å². The molecule has 112 valence electrons. The van der Waals surface area contributed by atoms with Gasteiger partial charge in [0.05, 0.1) is 13.0 Å². The van der Waals surface area contributed by atoms with Crippen LogP contribution in [0.2, 0.25) is 0 Å². The van der Waals surface area contributed by atoms with Crippen LogP contribution in [0.15, 0.2) is 24.3 Å². The molecule has 0 unspecified atom stereocenters. The lowest BCUT2D eigenvalue weighted by atomic mass is 10.2. The van der Waals surface area contributed by atoms with E-state index in [1.807, 2.05) is 31.2 Å². The first-order valence-electron chi connectivity index (χ1n) is 7.14. The van der Waals surface area contributed by atoms with Gasteiger partial charge >= 0.3 is 5.97 Å². The molecular formula is C16H25NO3. The predicted octanol–water partition coefficient (Wildman–Crippen LogP) is 2.95. The van der Waals surface area contributed by atoms with Crippen LogP contribution >= 0.6 is 0 Å². The summed E-state index contributed by atoms with van der Waals surface area (Å²) in [5, 5.41) is 8.74. The number of hydrogen-bond acceptors (Lipinski definition) is 3. The van der Waals surface area contributed by atoms with E-state index in [-0.39, 0.29) is 6.42 Å². The fourth-order valence-electron chi connectivity index (χ4n) is 1.96. The Morgan fingerprint density at radius 3 is 2.45 bits per heavy atom. The quantitative estimate of drug-likeness (QED) is 0.706. The van der Waals surface area contributed by atoms with Crippen molar-refractivity contribution in [2.45, 2.75) is 39.7 Å². The molecule has 0 spiro atoms. The maximum absolute atomic E-state index is 10.6. The Kier molecular flexibility index (Phi) is 7.09. The molecule has 0 heterocycles. The van der Waals surface area contributed by atoms with Crippen LogP contribution in [0.5, 0.6) is 5.75 Å². The van der Waals surface area contributed by atoms with E-state index in [0.29, 0.717) is 19.2 Å². The highest BCUT2D eigenvalue weighted by Crippen LogP contribution is 2.11. The Hall–Kier alpha value is -1.55. The molecule has 0 saturated carbocycles. The molecule has 0 fully saturated rings. The van der Waals surface area contributed by atoms with E-state index in [9.17, 15) is 4.79 Å². The van der Waals surface area contributed by atoms with E-state index in [0.717, 1.165) is 18.7 Å². The minimum Gasteiger partial charge on any atom is -0.494 e. The topological polar surface area (TPSA) is 49.8 Å². The van der Waals surface area contributed by atoms with Crippen LogP contribution in [0.4, 0.5) is 0 Å². The number of nitrogens with zero attached hydrogens (tertiary/aromatic N) is 1. The van der Waals surface area contributed by atoms with Crippen molar-refractivity contribution in [3.63, 3.8) is 0 Å². The molecule has 1 aromatic carbocycles. The van der Waals surface area contributed by atoms with Crippen molar-refractivity contribution < 1.29 is 14.6 Å². The number of hydrogen-bond donors (Lipinski definition) is 1. The molecule has 20 heavy (non-hydrogen) atoms. The third kappa shape index (κ3) is 6.57. The highest BCUT2D eigenvalue weighted by Gasteiger charge is 2.10. The zero-order chi connectivity index (χ0) is 15.0. The molecule has 0 radical (unpaired) electrons. The molecule has 1 N–H and O–H groups in total. The van der Waals surface area contributed by atoms with E-state index in [4.69, 9.17) is 9.84 Å². The van der Waals surface area contributed by atoms with Gasteiger partial charge in [-0.2, -0.15) is 0 Å². The fourth-order valence-corrected chi connectivity index (χ4v) is 1.96. The fraction of sp³-hybridized carbons (Fsp3) is 0.562. The van der Waals surface area contributed by atoms with Crippen LogP contribution in [0, 0.1) is 6.92 Å². The summed E-state index contributed by atoms with van der Waals surface area (Å²) in [7, 11) is 0. The molecule has 0 amide bonds. The standard InChI is InChI=1S/C16H25NO3/c1-13(2)17(11-9-16(18)19)10-4-12-20-15-7-5-14(3)6-8-15/h5-8,13H,4,9-12H2,1-3H3,(H,18,19). The summed E-state index contributed by atoms with van der Waals surface area (Å²) in [6.45, 7) is 8.33. The maximum Gasteiger partial charge on any atom is 0.304 e. The monoisotopic (exact) mass is 279 g/mol. The lowest BCUT2D eigenvalue weighted by Gasteiger charge is -2.25. The van der Waals surface area contributed by atoms with Crippen LogP contribution in [-0.4, -0.2) is 41.7 Å². The number of aliphatic carboxylic acids is 1. The molecule has 4 heteroatoms. The van der Waals surface area contributed by atoms with Crippen molar-refractivity contribution >= 4 is 5.97 Å². The minimum absolute atomic E-state index is 0.191. The SMILES string of the molecule is Cc1ccc(OCCCN(CCC(=O)O)C(C)C)cc1. The molecule has 0 saturated heterocycles. The van der Waals surface area contributed by atoms with Crippen LogP contribution in [0.25, 0.3) is 0 Å². The summed E-state index contributed by atoms with van der Waals surface area (Å²) in [5.41, 5.74) is 1.22. The smallest absolute Gasteiger partial charge is 0.304 e. The summed E-state index contributed by atoms with van der Waals surface area (Å²) in [6, 6.07) is 8.36. The van der Waals surface area contributed by atoms with Crippen LogP contribution in [0.3, 0.4) is 0 Å². The van der Waals surface area contributed by atoms with Crippen LogP contribution in [0.1, 0.15) is 32.3 Å². The van der Waals surface area contributed by atoms with E-state index in [1.165, 1.54) is 5.56 Å². The van der Waals surface area contributed by atoms with Crippen LogP contribution in [-0.2, 0) is 4.79 Å². The zero-order valence-corrected chi connectivity index (χ0v) is 12.6. The predicted molar refractivity (Wildman–Crippen MR) is 80.3 cm³/mol. The van der Waals surface area contributed by atoms with Crippen molar-refractivity contribution in [3.05, 3.63) is 29.8 Å². The van der Waals surface area contributed by atoms with Crippen molar-refractivity contribution in [3.8, 4) is 5.75 Å². The Balaban J connectivity index is 2.26. The normalized spacial score (nSPS) is 11.1. The summed E-state index contributed by atoms with van der Waals surface area (Å²) in [5.74, 6) is 0.142. The number of carboxylic acid groups (broad SMARTS) is 1. The number of ether oxygens (including phenoxy) is 1. The summed E-state index contributed by atoms with van der Waals surface area (Å²) >= 11 is 0. The third-order valence-corrected chi connectivity index (χ3v) is 3.22. The first-order valence-corrected chi connectivity index (χ1v) is 7.14. The van der Waals surface area contributed by atoms with Gasteiger partial charge in [0.2, 0.25) is 0 Å². The highest BCUT2D eigenvalue weighted by atomic mass is 16.5. The lowest BCUT2D eigenvalue weighted by Crippen LogP contribution is -2.34. The Morgan fingerprint density at radius 2 is 1.90 bits per heavy atom. The van der Waals surface area contributed by atoms with E-state index < -0.39 is 5.97 Å². The molecule has 1 aromatic rings. The number of carbonyl (C=O) groups is 1. The largest absolute Gasteiger partial charge is 0.494 e. The first kappa shape index (κ1) is 16.5. The minimum atomic E-state index is -0.744. The molecule has 0 atom stereocenters. The van der Waals surface area contributed by atoms with Gasteiger partial charge in [0.25, 0.3) is 0 Å². The second-order valence-electron chi connectivity index (χ2n) is 5.29. The van der Waals surface area contributed by atoms with E-state index >= 15 is 0 Å². The summed E-state index contributed by atoms with van der Waals surface area (Å²) in [6.07, 6.45) is 1.09. The summed E-state index contributed by atoms with van der Waals surface area (Å²) in [4.78, 5) is 12.8. The number of benzene rings is 1. The molecule has 4 nitrogen and oxygen atoms in total. The maximum atomic E-state index is 10.6. The molecule has 1 rings (SSSR count). The molecular weight excluding hydrogens is 254 g/mol. The lowest BCUT2D eigenvalue weighted by molar-refractivity contribution is -0.137. The van der Waals surface area contributed by atoms with Crippen molar-refractivity contribution in [1.29, 1.82) is 0 Å². The Labute approximate surface area is 121 Å². The Bertz CT molecular complexity index is 401. The van der Waals surface area contributed by atoms with Crippen molar-refractivity contribution in [1.82, 2.24) is 4.90 Å². The van der Waals surface area contributed by atoms with Gasteiger partial charge in [-0.1, -0.05) is 17.7 Å². The van der Waals surface area contributed by atoms with Crippen molar-refractivity contribution in [2.75, 3.05) is 19.7 Å². The van der Waals surface area contributed by atoms with Gasteiger partial charge in [0, 0.05) is 19.1 Å². The van der Waals surface area contributed by atoms with Gasteiger partial charge in [0.1, 0.15) is 5.75 Å². The van der Waals surface area contributed by atoms with Gasteiger partial charge in [-0.15, -0.1) is 0 Å². The van der Waals surface area contributed by atoms with E-state index in [1.54, 1.807) is 0 Å². The molecule has 0 aromatic heterocycles. The number of carboxylic acids is 1. The highest BCUT2D eigenvalue weighted by molar-refractivity contribution is 5.66. The molecule has 0 bridgehead atoms. The third-order valence-electron chi connectivity index (χ3n) is 3.22. The van der Waals surface area contributed by atoms with Gasteiger partial charge in [-0.25, -0.2) is 0 Å². The van der Waals surface area contributed by atoms with Gasteiger partial charge in [-0.05, 0) is 39.3 Å². The summed E-state index contributed by atoms with van der Waals surface area (Å²) < 4.78 is 5.67. The van der Waals surface area contributed by atoms with Gasteiger partial charge < -0.3 is 14.7 Å². The number of aryl methyl sites for hydroxylation is 1. The Morgan fingerprint density at radius 1 is 1.25 bits per heavy atom. The second kappa shape index (κ2) is 8.59. The van der Waals surface area contributed by atoms with E-state index in [2.05, 4.69) is 18.7 Å². The average Bonchev–Trinajstić information content (AvgIpc) is 2.39. The first-order chi connectivity index (χ1) is 9.49. The molecule has 0 aliphatic rings.